The summed E-state index contributed by atoms with van der Waals surface area (Å²) in [7, 11) is 0. The second-order valence-corrected chi connectivity index (χ2v) is 6.28. The monoisotopic (exact) mass is 343 g/mol. The Balaban J connectivity index is 1.53. The van der Waals surface area contributed by atoms with E-state index in [0.717, 1.165) is 11.3 Å². The molecule has 1 aliphatic heterocycles. The molecule has 1 fully saturated rings. The number of carbonyl (C=O) groups is 2. The maximum Gasteiger partial charge on any atom is 0.225 e. The SMILES string of the molecule is O=C(NCc1ccccn1)[C@@H]1CC(=O)N(Cc2ccc(Cl)cc2)C1. The number of hydrogen-bond acceptors (Lipinski definition) is 3. The van der Waals surface area contributed by atoms with Gasteiger partial charge in [0.1, 0.15) is 0 Å². The normalized spacial score (nSPS) is 17.1. The van der Waals surface area contributed by atoms with E-state index in [0.29, 0.717) is 24.7 Å². The van der Waals surface area contributed by atoms with Gasteiger partial charge in [-0.3, -0.25) is 14.6 Å². The summed E-state index contributed by atoms with van der Waals surface area (Å²) in [6.07, 6.45) is 1.94. The summed E-state index contributed by atoms with van der Waals surface area (Å²) < 4.78 is 0. The Morgan fingerprint density at radius 1 is 1.25 bits per heavy atom. The fraction of sp³-hybridized carbons (Fsp3) is 0.278. The van der Waals surface area contributed by atoms with Crippen LogP contribution in [0.5, 0.6) is 0 Å². The van der Waals surface area contributed by atoms with Crippen molar-refractivity contribution in [1.29, 1.82) is 0 Å². The van der Waals surface area contributed by atoms with Crippen LogP contribution < -0.4 is 5.32 Å². The zero-order valence-corrected chi connectivity index (χ0v) is 13.9. The Hall–Kier alpha value is -2.40. The van der Waals surface area contributed by atoms with Gasteiger partial charge in [0.2, 0.25) is 11.8 Å². The van der Waals surface area contributed by atoms with Crippen LogP contribution in [0, 0.1) is 5.92 Å². The second-order valence-electron chi connectivity index (χ2n) is 5.84. The Kier molecular flexibility index (Phi) is 5.11. The first-order chi connectivity index (χ1) is 11.6. The predicted octanol–water partition coefficient (Wildman–Crippen LogP) is 2.40. The molecule has 1 saturated heterocycles. The lowest BCUT2D eigenvalue weighted by Gasteiger charge is -2.16. The number of carbonyl (C=O) groups excluding carboxylic acids is 2. The standard InChI is InChI=1S/C18H18ClN3O2/c19-15-6-4-13(5-7-15)11-22-12-14(9-17(22)23)18(24)21-10-16-3-1-2-8-20-16/h1-8,14H,9-12H2,(H,21,24)/t14-/m1/s1. The minimum Gasteiger partial charge on any atom is -0.350 e. The lowest BCUT2D eigenvalue weighted by Crippen LogP contribution is -2.32. The molecular weight excluding hydrogens is 326 g/mol. The van der Waals surface area contributed by atoms with Crippen molar-refractivity contribution >= 4 is 23.4 Å². The summed E-state index contributed by atoms with van der Waals surface area (Å²) in [6.45, 7) is 1.32. The molecule has 1 atom stereocenters. The molecule has 1 N–H and O–H groups in total. The van der Waals surface area contributed by atoms with Crippen molar-refractivity contribution in [2.45, 2.75) is 19.5 Å². The quantitative estimate of drug-likeness (QED) is 0.906. The molecule has 1 aromatic carbocycles. The van der Waals surface area contributed by atoms with Gasteiger partial charge in [-0.25, -0.2) is 0 Å². The van der Waals surface area contributed by atoms with Crippen LogP contribution >= 0.6 is 11.6 Å². The number of amides is 2. The summed E-state index contributed by atoms with van der Waals surface area (Å²) in [5, 5.41) is 3.52. The van der Waals surface area contributed by atoms with Gasteiger partial charge in [-0.2, -0.15) is 0 Å². The lowest BCUT2D eigenvalue weighted by atomic mass is 10.1. The average molecular weight is 344 g/mol. The molecule has 0 unspecified atom stereocenters. The fourth-order valence-electron chi connectivity index (χ4n) is 2.74. The minimum absolute atomic E-state index is 0.00272. The number of aromatic nitrogens is 1. The molecule has 0 spiro atoms. The Bertz CT molecular complexity index is 719. The number of pyridine rings is 1. The zero-order chi connectivity index (χ0) is 16.9. The molecule has 0 saturated carbocycles. The van der Waals surface area contributed by atoms with Crippen LogP contribution in [-0.4, -0.2) is 28.2 Å². The Morgan fingerprint density at radius 3 is 2.75 bits per heavy atom. The van der Waals surface area contributed by atoms with Crippen LogP contribution in [0.15, 0.2) is 48.7 Å². The molecule has 3 rings (SSSR count). The van der Waals surface area contributed by atoms with E-state index in [2.05, 4.69) is 10.3 Å². The van der Waals surface area contributed by atoms with Crippen molar-refractivity contribution < 1.29 is 9.59 Å². The van der Waals surface area contributed by atoms with Crippen molar-refractivity contribution in [1.82, 2.24) is 15.2 Å². The highest BCUT2D eigenvalue weighted by molar-refractivity contribution is 6.30. The van der Waals surface area contributed by atoms with E-state index >= 15 is 0 Å². The van der Waals surface area contributed by atoms with E-state index in [-0.39, 0.29) is 24.2 Å². The number of hydrogen-bond donors (Lipinski definition) is 1. The molecule has 1 aromatic heterocycles. The predicted molar refractivity (Wildman–Crippen MR) is 91.1 cm³/mol. The van der Waals surface area contributed by atoms with Crippen molar-refractivity contribution in [2.75, 3.05) is 6.54 Å². The first-order valence-electron chi connectivity index (χ1n) is 7.81. The van der Waals surface area contributed by atoms with Gasteiger partial charge < -0.3 is 10.2 Å². The molecule has 0 bridgehead atoms. The highest BCUT2D eigenvalue weighted by Crippen LogP contribution is 2.21. The summed E-state index contributed by atoms with van der Waals surface area (Å²) >= 11 is 5.87. The van der Waals surface area contributed by atoms with Crippen molar-refractivity contribution in [3.05, 3.63) is 64.9 Å². The average Bonchev–Trinajstić information content (AvgIpc) is 2.96. The summed E-state index contributed by atoms with van der Waals surface area (Å²) in [5.41, 5.74) is 1.80. The van der Waals surface area contributed by atoms with E-state index in [1.165, 1.54) is 0 Å². The maximum atomic E-state index is 12.3. The topological polar surface area (TPSA) is 62.3 Å². The fourth-order valence-corrected chi connectivity index (χ4v) is 2.86. The molecular formula is C18H18ClN3O2. The van der Waals surface area contributed by atoms with E-state index in [1.807, 2.05) is 30.3 Å². The second kappa shape index (κ2) is 7.45. The van der Waals surface area contributed by atoms with Gasteiger partial charge in [0, 0.05) is 30.7 Å². The number of nitrogens with zero attached hydrogens (tertiary/aromatic N) is 2. The van der Waals surface area contributed by atoms with Gasteiger partial charge in [-0.15, -0.1) is 0 Å². The molecule has 5 nitrogen and oxygen atoms in total. The summed E-state index contributed by atoms with van der Waals surface area (Å²) in [5.74, 6) is -0.413. The van der Waals surface area contributed by atoms with Crippen LogP contribution in [0.2, 0.25) is 5.02 Å². The Morgan fingerprint density at radius 2 is 2.04 bits per heavy atom. The molecule has 2 heterocycles. The summed E-state index contributed by atoms with van der Waals surface area (Å²) in [4.78, 5) is 30.3. The van der Waals surface area contributed by atoms with Crippen molar-refractivity contribution in [2.24, 2.45) is 5.92 Å². The number of benzene rings is 1. The molecule has 6 heteroatoms. The van der Waals surface area contributed by atoms with Crippen LogP contribution in [0.1, 0.15) is 17.7 Å². The third kappa shape index (κ3) is 4.11. The van der Waals surface area contributed by atoms with Crippen LogP contribution in [-0.2, 0) is 22.7 Å². The molecule has 0 radical (unpaired) electrons. The van der Waals surface area contributed by atoms with E-state index in [1.54, 1.807) is 23.2 Å². The van der Waals surface area contributed by atoms with E-state index in [4.69, 9.17) is 11.6 Å². The maximum absolute atomic E-state index is 12.3. The molecule has 2 amide bonds. The van der Waals surface area contributed by atoms with Crippen LogP contribution in [0.4, 0.5) is 0 Å². The molecule has 0 aliphatic carbocycles. The highest BCUT2D eigenvalue weighted by Gasteiger charge is 2.34. The summed E-state index contributed by atoms with van der Waals surface area (Å²) in [6, 6.07) is 12.9. The van der Waals surface area contributed by atoms with Crippen LogP contribution in [0.3, 0.4) is 0 Å². The first kappa shape index (κ1) is 16.5. The Labute approximate surface area is 145 Å². The zero-order valence-electron chi connectivity index (χ0n) is 13.1. The number of likely N-dealkylation sites (tertiary alicyclic amines) is 1. The smallest absolute Gasteiger partial charge is 0.225 e. The van der Waals surface area contributed by atoms with Gasteiger partial charge >= 0.3 is 0 Å². The molecule has 1 aliphatic rings. The highest BCUT2D eigenvalue weighted by atomic mass is 35.5. The number of nitrogens with one attached hydrogen (secondary N) is 1. The van der Waals surface area contributed by atoms with Gasteiger partial charge in [0.25, 0.3) is 0 Å². The number of rotatable bonds is 5. The molecule has 24 heavy (non-hydrogen) atoms. The van der Waals surface area contributed by atoms with E-state index < -0.39 is 0 Å². The molecule has 124 valence electrons. The van der Waals surface area contributed by atoms with Gasteiger partial charge in [0.15, 0.2) is 0 Å². The minimum atomic E-state index is -0.312. The van der Waals surface area contributed by atoms with Crippen molar-refractivity contribution in [3.8, 4) is 0 Å². The third-order valence-electron chi connectivity index (χ3n) is 4.04. The van der Waals surface area contributed by atoms with E-state index in [9.17, 15) is 9.59 Å². The third-order valence-corrected chi connectivity index (χ3v) is 4.29. The van der Waals surface area contributed by atoms with Gasteiger partial charge in [0.05, 0.1) is 18.2 Å². The largest absolute Gasteiger partial charge is 0.350 e. The van der Waals surface area contributed by atoms with Gasteiger partial charge in [-0.05, 0) is 29.8 Å². The van der Waals surface area contributed by atoms with Crippen LogP contribution in [0.25, 0.3) is 0 Å². The van der Waals surface area contributed by atoms with Gasteiger partial charge in [-0.1, -0.05) is 29.8 Å². The number of halogens is 1. The first-order valence-corrected chi connectivity index (χ1v) is 8.19. The lowest BCUT2D eigenvalue weighted by molar-refractivity contribution is -0.129. The van der Waals surface area contributed by atoms with Crippen molar-refractivity contribution in [3.63, 3.8) is 0 Å². The molecule has 2 aromatic rings.